The number of nitrogen functional groups attached to an aromatic ring is 1. The molecule has 0 aromatic heterocycles. The lowest BCUT2D eigenvalue weighted by atomic mass is 10.1. The molecular formula is C13H19N3O3. The van der Waals surface area contributed by atoms with Gasteiger partial charge in [-0.05, 0) is 26.0 Å². The summed E-state index contributed by atoms with van der Waals surface area (Å²) in [5.74, 6) is -0.570. The molecule has 0 saturated carbocycles. The number of primary amides is 1. The molecule has 0 fully saturated rings. The lowest BCUT2D eigenvalue weighted by Crippen LogP contribution is -2.43. The lowest BCUT2D eigenvalue weighted by molar-refractivity contribution is -0.119. The third kappa shape index (κ3) is 3.37. The van der Waals surface area contributed by atoms with Gasteiger partial charge in [-0.1, -0.05) is 6.07 Å². The molecule has 0 aliphatic heterocycles. The van der Waals surface area contributed by atoms with Gasteiger partial charge in [0.05, 0.1) is 13.7 Å². The maximum Gasteiger partial charge on any atom is 0.260 e. The number of carbonyl (C=O) groups excluding carboxylic acids is 2. The van der Waals surface area contributed by atoms with E-state index in [0.29, 0.717) is 11.4 Å². The van der Waals surface area contributed by atoms with E-state index in [0.717, 1.165) is 0 Å². The summed E-state index contributed by atoms with van der Waals surface area (Å²) in [6.45, 7) is 3.44. The van der Waals surface area contributed by atoms with E-state index in [9.17, 15) is 9.59 Å². The molecule has 19 heavy (non-hydrogen) atoms. The minimum absolute atomic E-state index is 0.159. The van der Waals surface area contributed by atoms with Crippen LogP contribution in [0.3, 0.4) is 0 Å². The fourth-order valence-corrected chi connectivity index (χ4v) is 1.75. The third-order valence-corrected chi connectivity index (χ3v) is 2.70. The van der Waals surface area contributed by atoms with Gasteiger partial charge in [0.1, 0.15) is 11.3 Å². The third-order valence-electron chi connectivity index (χ3n) is 2.70. The monoisotopic (exact) mass is 265 g/mol. The smallest absolute Gasteiger partial charge is 0.260 e. The number of hydrogen-bond donors (Lipinski definition) is 2. The Balaban J connectivity index is 3.20. The summed E-state index contributed by atoms with van der Waals surface area (Å²) in [4.78, 5) is 24.9. The predicted octanol–water partition coefficient (Wildman–Crippen LogP) is 0.613. The maximum atomic E-state index is 12.5. The Bertz CT molecular complexity index is 486. The number of amides is 2. The molecule has 1 aromatic carbocycles. The van der Waals surface area contributed by atoms with Crippen LogP contribution in [0.5, 0.6) is 5.75 Å². The first kappa shape index (κ1) is 14.8. The van der Waals surface area contributed by atoms with Crippen molar-refractivity contribution in [3.63, 3.8) is 0 Å². The van der Waals surface area contributed by atoms with E-state index in [-0.39, 0.29) is 24.1 Å². The van der Waals surface area contributed by atoms with Crippen LogP contribution >= 0.6 is 0 Å². The first-order valence-electron chi connectivity index (χ1n) is 5.90. The average Bonchev–Trinajstić information content (AvgIpc) is 2.34. The van der Waals surface area contributed by atoms with Crippen LogP contribution in [0.15, 0.2) is 18.2 Å². The standard InChI is InChI=1S/C13H19N3O3/c1-8(2)16(7-11(15)17)13(18)12-9(14)5-4-6-10(12)19-3/h4-6,8H,7,14H2,1-3H3,(H2,15,17). The molecule has 4 N–H and O–H groups in total. The second-order valence-electron chi connectivity index (χ2n) is 4.42. The number of ether oxygens (including phenoxy) is 1. The highest BCUT2D eigenvalue weighted by molar-refractivity contribution is 6.03. The van der Waals surface area contributed by atoms with Gasteiger partial charge in [-0.2, -0.15) is 0 Å². The number of benzene rings is 1. The summed E-state index contributed by atoms with van der Waals surface area (Å²) in [5.41, 5.74) is 11.5. The molecule has 0 saturated heterocycles. The summed E-state index contributed by atoms with van der Waals surface area (Å²) in [7, 11) is 1.46. The molecule has 6 heteroatoms. The molecule has 0 radical (unpaired) electrons. The topological polar surface area (TPSA) is 98.7 Å². The minimum Gasteiger partial charge on any atom is -0.496 e. The number of rotatable bonds is 5. The van der Waals surface area contributed by atoms with Gasteiger partial charge in [0.15, 0.2) is 0 Å². The zero-order valence-electron chi connectivity index (χ0n) is 11.3. The van der Waals surface area contributed by atoms with Crippen LogP contribution < -0.4 is 16.2 Å². The number of nitrogens with two attached hydrogens (primary N) is 2. The summed E-state index contributed by atoms with van der Waals surface area (Å²) < 4.78 is 5.14. The van der Waals surface area contributed by atoms with E-state index < -0.39 is 5.91 Å². The van der Waals surface area contributed by atoms with Crippen molar-refractivity contribution in [3.05, 3.63) is 23.8 Å². The first-order valence-corrected chi connectivity index (χ1v) is 5.90. The Hall–Kier alpha value is -2.24. The van der Waals surface area contributed by atoms with E-state index in [1.165, 1.54) is 12.0 Å². The van der Waals surface area contributed by atoms with Crippen LogP contribution in [-0.4, -0.2) is 36.4 Å². The molecule has 6 nitrogen and oxygen atoms in total. The fraction of sp³-hybridized carbons (Fsp3) is 0.385. The van der Waals surface area contributed by atoms with E-state index in [2.05, 4.69) is 0 Å². The predicted molar refractivity (Wildman–Crippen MR) is 72.8 cm³/mol. The van der Waals surface area contributed by atoms with Gasteiger partial charge >= 0.3 is 0 Å². The zero-order valence-corrected chi connectivity index (χ0v) is 11.3. The van der Waals surface area contributed by atoms with Gasteiger partial charge in [-0.15, -0.1) is 0 Å². The molecule has 0 bridgehead atoms. The number of nitrogens with zero attached hydrogens (tertiary/aromatic N) is 1. The van der Waals surface area contributed by atoms with Crippen molar-refractivity contribution >= 4 is 17.5 Å². The lowest BCUT2D eigenvalue weighted by Gasteiger charge is -2.26. The van der Waals surface area contributed by atoms with Crippen molar-refractivity contribution < 1.29 is 14.3 Å². The molecule has 0 unspecified atom stereocenters. The molecule has 104 valence electrons. The quantitative estimate of drug-likeness (QED) is 0.762. The summed E-state index contributed by atoms with van der Waals surface area (Å²) >= 11 is 0. The normalized spacial score (nSPS) is 10.3. The van der Waals surface area contributed by atoms with Crippen LogP contribution in [0.2, 0.25) is 0 Å². The molecule has 2 amide bonds. The van der Waals surface area contributed by atoms with E-state index in [4.69, 9.17) is 16.2 Å². The van der Waals surface area contributed by atoms with Crippen molar-refractivity contribution in [1.29, 1.82) is 0 Å². The molecule has 0 heterocycles. The van der Waals surface area contributed by atoms with E-state index in [1.807, 2.05) is 0 Å². The zero-order chi connectivity index (χ0) is 14.6. The highest BCUT2D eigenvalue weighted by atomic mass is 16.5. The Morgan fingerprint density at radius 3 is 2.47 bits per heavy atom. The number of methoxy groups -OCH3 is 1. The number of carbonyl (C=O) groups is 2. The van der Waals surface area contributed by atoms with Crippen molar-refractivity contribution in [3.8, 4) is 5.75 Å². The highest BCUT2D eigenvalue weighted by Gasteiger charge is 2.25. The van der Waals surface area contributed by atoms with E-state index >= 15 is 0 Å². The van der Waals surface area contributed by atoms with Crippen LogP contribution in [0.1, 0.15) is 24.2 Å². The summed E-state index contributed by atoms with van der Waals surface area (Å²) in [5, 5.41) is 0. The van der Waals surface area contributed by atoms with Gasteiger partial charge in [0.25, 0.3) is 5.91 Å². The van der Waals surface area contributed by atoms with Gasteiger partial charge in [0.2, 0.25) is 5.91 Å². The Labute approximate surface area is 112 Å². The molecular weight excluding hydrogens is 246 g/mol. The van der Waals surface area contributed by atoms with Gasteiger partial charge in [-0.25, -0.2) is 0 Å². The van der Waals surface area contributed by atoms with E-state index in [1.54, 1.807) is 32.0 Å². The Morgan fingerprint density at radius 1 is 1.37 bits per heavy atom. The molecule has 0 spiro atoms. The number of hydrogen-bond acceptors (Lipinski definition) is 4. The fourth-order valence-electron chi connectivity index (χ4n) is 1.75. The van der Waals surface area contributed by atoms with Gasteiger partial charge in [-0.3, -0.25) is 9.59 Å². The van der Waals surface area contributed by atoms with Gasteiger partial charge in [0, 0.05) is 11.7 Å². The molecule has 0 aliphatic rings. The van der Waals surface area contributed by atoms with Crippen LogP contribution in [-0.2, 0) is 4.79 Å². The maximum absolute atomic E-state index is 12.5. The second-order valence-corrected chi connectivity index (χ2v) is 4.42. The molecule has 1 aromatic rings. The summed E-state index contributed by atoms with van der Waals surface area (Å²) in [6.07, 6.45) is 0. The van der Waals surface area contributed by atoms with Crippen molar-refractivity contribution in [1.82, 2.24) is 4.90 Å². The first-order chi connectivity index (χ1) is 8.88. The molecule has 0 atom stereocenters. The van der Waals surface area contributed by atoms with Crippen molar-refractivity contribution in [2.75, 3.05) is 19.4 Å². The molecule has 0 aliphatic carbocycles. The largest absolute Gasteiger partial charge is 0.496 e. The van der Waals surface area contributed by atoms with Gasteiger partial charge < -0.3 is 21.1 Å². The minimum atomic E-state index is -0.574. The van der Waals surface area contributed by atoms with Crippen molar-refractivity contribution in [2.45, 2.75) is 19.9 Å². The SMILES string of the molecule is COc1cccc(N)c1C(=O)N(CC(N)=O)C(C)C. The van der Waals surface area contributed by atoms with Crippen molar-refractivity contribution in [2.24, 2.45) is 5.73 Å². The number of anilines is 1. The second kappa shape index (κ2) is 6.08. The average molecular weight is 265 g/mol. The molecule has 1 rings (SSSR count). The Kier molecular flexibility index (Phi) is 4.74. The van der Waals surface area contributed by atoms with Crippen LogP contribution in [0.4, 0.5) is 5.69 Å². The Morgan fingerprint density at radius 2 is 2.00 bits per heavy atom. The summed E-state index contributed by atoms with van der Waals surface area (Å²) in [6, 6.07) is 4.77. The highest BCUT2D eigenvalue weighted by Crippen LogP contribution is 2.26. The van der Waals surface area contributed by atoms with Crippen LogP contribution in [0, 0.1) is 0 Å². The van der Waals surface area contributed by atoms with Crippen LogP contribution in [0.25, 0.3) is 0 Å².